The van der Waals surface area contributed by atoms with E-state index in [-0.39, 0.29) is 19.8 Å². The van der Waals surface area contributed by atoms with Crippen LogP contribution in [0.3, 0.4) is 0 Å². The van der Waals surface area contributed by atoms with Crippen LogP contribution in [-0.2, 0) is 18.1 Å². The van der Waals surface area contributed by atoms with Gasteiger partial charge in [-0.05, 0) is 19.3 Å². The summed E-state index contributed by atoms with van der Waals surface area (Å²) in [5.41, 5.74) is 0. The first-order chi connectivity index (χ1) is 24.4. The summed E-state index contributed by atoms with van der Waals surface area (Å²) < 4.78 is 30.3. The van der Waals surface area contributed by atoms with E-state index in [0.29, 0.717) is 19.3 Å². The molecule has 0 aliphatic rings. The zero-order valence-corrected chi connectivity index (χ0v) is 34.5. The first kappa shape index (κ1) is 50.0. The molecule has 0 saturated heterocycles. The van der Waals surface area contributed by atoms with E-state index in [1.165, 1.54) is 154 Å². The summed E-state index contributed by atoms with van der Waals surface area (Å²) in [6.07, 6.45) is 36.1. The van der Waals surface area contributed by atoms with Crippen molar-refractivity contribution in [2.24, 2.45) is 0 Å². The van der Waals surface area contributed by atoms with Gasteiger partial charge in [-0.15, -0.1) is 0 Å². The lowest BCUT2D eigenvalue weighted by molar-refractivity contribution is 0.0154. The third-order valence-electron chi connectivity index (χ3n) is 9.95. The lowest BCUT2D eigenvalue weighted by atomic mass is 10.0. The average molecular weight is 735 g/mol. The molecule has 3 atom stereocenters. The van der Waals surface area contributed by atoms with E-state index in [9.17, 15) is 19.9 Å². The van der Waals surface area contributed by atoms with Crippen molar-refractivity contribution in [3.05, 3.63) is 0 Å². The van der Waals surface area contributed by atoms with Gasteiger partial charge in [-0.2, -0.15) is 0 Å². The first-order valence-electron chi connectivity index (χ1n) is 21.9. The Bertz CT molecular complexity index is 619. The molecule has 0 aliphatic heterocycles. The number of unbranched alkanes of at least 4 members (excludes halogenated alkanes) is 27. The Balaban J connectivity index is 4.47. The maximum absolute atomic E-state index is 13.6. The summed E-state index contributed by atoms with van der Waals surface area (Å²) in [5, 5.41) is 31.7. The molecule has 7 nitrogen and oxygen atoms in total. The van der Waals surface area contributed by atoms with E-state index in [1.807, 2.05) is 0 Å². The molecule has 0 amide bonds. The van der Waals surface area contributed by atoms with Crippen LogP contribution in [0.1, 0.15) is 233 Å². The van der Waals surface area contributed by atoms with Crippen molar-refractivity contribution in [3.63, 3.8) is 0 Å². The summed E-state index contributed by atoms with van der Waals surface area (Å²) in [4.78, 5) is 0. The molecule has 302 valence electrons. The van der Waals surface area contributed by atoms with Crippen molar-refractivity contribution in [1.82, 2.24) is 0 Å². The Morgan fingerprint density at radius 3 is 0.720 bits per heavy atom. The van der Waals surface area contributed by atoms with Gasteiger partial charge in [0.15, 0.2) is 0 Å². The SMILES string of the molecule is CCCCCCCCCCCCC(O)COP(=O)(OCC(O)CCCCCCCCCCCC)OCC(O)CCCCCCCCCCCC. The molecule has 0 spiro atoms. The molecular weight excluding hydrogens is 647 g/mol. The molecule has 0 rings (SSSR count). The van der Waals surface area contributed by atoms with Crippen molar-refractivity contribution < 1.29 is 33.5 Å². The smallest absolute Gasteiger partial charge is 0.391 e. The molecule has 8 heteroatoms. The van der Waals surface area contributed by atoms with E-state index in [1.54, 1.807) is 0 Å². The van der Waals surface area contributed by atoms with Crippen molar-refractivity contribution in [2.45, 2.75) is 251 Å². The molecule has 0 radical (unpaired) electrons. The van der Waals surface area contributed by atoms with Crippen molar-refractivity contribution >= 4 is 7.82 Å². The fourth-order valence-electron chi connectivity index (χ4n) is 6.50. The van der Waals surface area contributed by atoms with Crippen LogP contribution >= 0.6 is 7.82 Å². The van der Waals surface area contributed by atoms with E-state index in [2.05, 4.69) is 20.8 Å². The van der Waals surface area contributed by atoms with E-state index in [4.69, 9.17) is 13.6 Å². The fourth-order valence-corrected chi connectivity index (χ4v) is 7.78. The van der Waals surface area contributed by atoms with Gasteiger partial charge < -0.3 is 15.3 Å². The van der Waals surface area contributed by atoms with Gasteiger partial charge in [0, 0.05) is 0 Å². The second-order valence-corrected chi connectivity index (χ2v) is 16.9. The molecule has 0 aromatic heterocycles. The maximum Gasteiger partial charge on any atom is 0.475 e. The van der Waals surface area contributed by atoms with E-state index >= 15 is 0 Å². The molecule has 0 saturated carbocycles. The Kier molecular flexibility index (Phi) is 38.7. The van der Waals surface area contributed by atoms with E-state index < -0.39 is 26.1 Å². The first-order valence-corrected chi connectivity index (χ1v) is 23.4. The molecule has 0 fully saturated rings. The zero-order chi connectivity index (χ0) is 36.8. The number of aliphatic hydroxyl groups excluding tert-OH is 3. The minimum absolute atomic E-state index is 0.155. The molecule has 0 bridgehead atoms. The van der Waals surface area contributed by atoms with Crippen LogP contribution in [-0.4, -0.2) is 53.5 Å². The number of phosphoric acid groups is 1. The van der Waals surface area contributed by atoms with Gasteiger partial charge in [0.1, 0.15) is 0 Å². The summed E-state index contributed by atoms with van der Waals surface area (Å²) in [6, 6.07) is 0. The number of hydrogen-bond acceptors (Lipinski definition) is 7. The Labute approximate surface area is 311 Å². The van der Waals surface area contributed by atoms with Crippen molar-refractivity contribution in [3.8, 4) is 0 Å². The van der Waals surface area contributed by atoms with Gasteiger partial charge in [0.25, 0.3) is 0 Å². The highest BCUT2D eigenvalue weighted by Crippen LogP contribution is 2.50. The van der Waals surface area contributed by atoms with Crippen LogP contribution in [0.4, 0.5) is 0 Å². The van der Waals surface area contributed by atoms with Crippen molar-refractivity contribution in [2.75, 3.05) is 19.8 Å². The summed E-state index contributed by atoms with van der Waals surface area (Å²) in [6.45, 7) is 6.27. The largest absolute Gasteiger partial charge is 0.475 e. The minimum Gasteiger partial charge on any atom is -0.391 e. The maximum atomic E-state index is 13.6. The van der Waals surface area contributed by atoms with Gasteiger partial charge in [-0.1, -0.05) is 213 Å². The van der Waals surface area contributed by atoms with Crippen LogP contribution in [0.25, 0.3) is 0 Å². The monoisotopic (exact) mass is 735 g/mol. The quantitative estimate of drug-likeness (QED) is 0.0423. The minimum atomic E-state index is -4.06. The molecule has 50 heavy (non-hydrogen) atoms. The second kappa shape index (κ2) is 38.7. The third-order valence-corrected chi connectivity index (χ3v) is 11.3. The van der Waals surface area contributed by atoms with E-state index in [0.717, 1.165) is 38.5 Å². The van der Waals surface area contributed by atoms with Crippen LogP contribution < -0.4 is 0 Å². The topological polar surface area (TPSA) is 105 Å². The fraction of sp³-hybridized carbons (Fsp3) is 1.00. The highest BCUT2D eigenvalue weighted by Gasteiger charge is 2.30. The number of hydrogen-bond donors (Lipinski definition) is 3. The zero-order valence-electron chi connectivity index (χ0n) is 33.6. The summed E-state index contributed by atoms with van der Waals surface area (Å²) >= 11 is 0. The molecule has 0 aromatic rings. The highest BCUT2D eigenvalue weighted by atomic mass is 31.2. The Morgan fingerprint density at radius 2 is 0.520 bits per heavy atom. The lowest BCUT2D eigenvalue weighted by Gasteiger charge is -2.22. The summed E-state index contributed by atoms with van der Waals surface area (Å²) in [5.74, 6) is 0. The van der Waals surface area contributed by atoms with Gasteiger partial charge in [0.2, 0.25) is 0 Å². The van der Waals surface area contributed by atoms with Crippen LogP contribution in [0.5, 0.6) is 0 Å². The summed E-state index contributed by atoms with van der Waals surface area (Å²) in [7, 11) is -4.06. The van der Waals surface area contributed by atoms with Crippen molar-refractivity contribution in [1.29, 1.82) is 0 Å². The third kappa shape index (κ3) is 36.4. The number of aliphatic hydroxyl groups is 3. The molecule has 3 N–H and O–H groups in total. The molecule has 3 unspecified atom stereocenters. The van der Waals surface area contributed by atoms with Gasteiger partial charge in [-0.25, -0.2) is 4.57 Å². The number of phosphoric ester groups is 1. The lowest BCUT2D eigenvalue weighted by Crippen LogP contribution is -2.21. The van der Waals surface area contributed by atoms with Gasteiger partial charge in [-0.3, -0.25) is 13.6 Å². The van der Waals surface area contributed by atoms with Gasteiger partial charge in [0.05, 0.1) is 38.1 Å². The molecule has 0 heterocycles. The Hall–Kier alpha value is -0.0100. The number of rotatable bonds is 42. The second-order valence-electron chi connectivity index (χ2n) is 15.2. The van der Waals surface area contributed by atoms with Crippen LogP contribution in [0.2, 0.25) is 0 Å². The normalized spacial score (nSPS) is 14.9. The molecule has 0 aromatic carbocycles. The Morgan fingerprint density at radius 1 is 0.340 bits per heavy atom. The highest BCUT2D eigenvalue weighted by molar-refractivity contribution is 7.48. The predicted octanol–water partition coefficient (Wildman–Crippen LogP) is 13.2. The van der Waals surface area contributed by atoms with Crippen LogP contribution in [0.15, 0.2) is 0 Å². The predicted molar refractivity (Wildman–Crippen MR) is 213 cm³/mol. The standard InChI is InChI=1S/C42H87O7P/c1-4-7-10-13-16-19-22-25-28-31-34-40(43)37-47-50(46,48-38-41(44)35-32-29-26-23-20-17-14-11-8-5-2)49-39-42(45)36-33-30-27-24-21-18-15-12-9-6-3/h40-45H,4-39H2,1-3H3. The average Bonchev–Trinajstić information content (AvgIpc) is 3.11. The van der Waals surface area contributed by atoms with Crippen LogP contribution in [0, 0.1) is 0 Å². The molecule has 0 aliphatic carbocycles. The molecular formula is C42H87O7P. The van der Waals surface area contributed by atoms with Gasteiger partial charge >= 0.3 is 7.82 Å².